The molecule has 5 rings (SSSR count). The molecular formula is C26H29ClF2N4S. The standard InChI is InChI=1S/C26H28F2N4S.ClH/c1-3-21-15-22-25(29-24-14-19(28)8-10-23(24)30-26(22)33-21)32-12-11-31(2)20(16-32)9-7-17-5-4-6-18(27)13-17;/h4-6,8,10,13-15,20,30H,3,7,9,11-12,16H2,1-2H3;1H. The second-order valence-electron chi connectivity index (χ2n) is 8.78. The second-order valence-corrected chi connectivity index (χ2v) is 9.92. The van der Waals surface area contributed by atoms with Gasteiger partial charge in [0.15, 0.2) is 0 Å². The third-order valence-electron chi connectivity index (χ3n) is 6.54. The van der Waals surface area contributed by atoms with Crippen LogP contribution in [0.15, 0.2) is 53.5 Å². The van der Waals surface area contributed by atoms with Crippen molar-refractivity contribution in [3.8, 4) is 0 Å². The highest BCUT2D eigenvalue weighted by atomic mass is 35.5. The monoisotopic (exact) mass is 502 g/mol. The number of rotatable bonds is 4. The van der Waals surface area contributed by atoms with Gasteiger partial charge in [0.25, 0.3) is 0 Å². The Morgan fingerprint density at radius 2 is 1.91 bits per heavy atom. The summed E-state index contributed by atoms with van der Waals surface area (Å²) in [6, 6.07) is 14.1. The Kier molecular flexibility index (Phi) is 7.55. The molecule has 1 atom stereocenters. The number of amidine groups is 1. The Balaban J connectivity index is 0.00000274. The molecule has 2 aromatic carbocycles. The first-order valence-electron chi connectivity index (χ1n) is 11.5. The molecule has 0 amide bonds. The van der Waals surface area contributed by atoms with E-state index >= 15 is 0 Å². The van der Waals surface area contributed by atoms with E-state index < -0.39 is 0 Å². The lowest BCUT2D eigenvalue weighted by Gasteiger charge is -2.41. The maximum atomic E-state index is 14.0. The van der Waals surface area contributed by atoms with Crippen molar-refractivity contribution in [1.82, 2.24) is 9.80 Å². The zero-order chi connectivity index (χ0) is 22.9. The van der Waals surface area contributed by atoms with Gasteiger partial charge >= 0.3 is 0 Å². The van der Waals surface area contributed by atoms with Gasteiger partial charge in [-0.2, -0.15) is 0 Å². The number of benzene rings is 2. The van der Waals surface area contributed by atoms with Crippen LogP contribution in [0.1, 0.15) is 29.3 Å². The third kappa shape index (κ3) is 5.11. The smallest absolute Gasteiger partial charge is 0.139 e. The highest BCUT2D eigenvalue weighted by Gasteiger charge is 2.30. The quantitative estimate of drug-likeness (QED) is 0.448. The molecule has 1 saturated heterocycles. The van der Waals surface area contributed by atoms with Gasteiger partial charge in [0, 0.05) is 36.6 Å². The molecule has 180 valence electrons. The lowest BCUT2D eigenvalue weighted by molar-refractivity contribution is 0.134. The van der Waals surface area contributed by atoms with E-state index in [1.807, 2.05) is 6.07 Å². The topological polar surface area (TPSA) is 30.9 Å². The molecule has 0 radical (unpaired) electrons. The molecule has 1 unspecified atom stereocenters. The zero-order valence-corrected chi connectivity index (χ0v) is 21.0. The molecule has 3 aromatic rings. The summed E-state index contributed by atoms with van der Waals surface area (Å²) < 4.78 is 27.6. The van der Waals surface area contributed by atoms with Gasteiger partial charge in [0.1, 0.15) is 22.5 Å². The summed E-state index contributed by atoms with van der Waals surface area (Å²) in [6.07, 6.45) is 2.72. The van der Waals surface area contributed by atoms with Crippen LogP contribution in [-0.4, -0.2) is 48.4 Å². The maximum absolute atomic E-state index is 14.0. The van der Waals surface area contributed by atoms with E-state index in [0.29, 0.717) is 11.7 Å². The summed E-state index contributed by atoms with van der Waals surface area (Å²) >= 11 is 1.74. The molecule has 8 heteroatoms. The number of halogens is 3. The fraction of sp³-hybridized carbons (Fsp3) is 0.346. The number of likely N-dealkylation sites (N-methyl/N-ethyl adjacent to an activating group) is 1. The highest BCUT2D eigenvalue weighted by Crippen LogP contribution is 2.40. The van der Waals surface area contributed by atoms with Crippen LogP contribution < -0.4 is 5.32 Å². The van der Waals surface area contributed by atoms with Crippen LogP contribution in [0.2, 0.25) is 0 Å². The number of thiophene rings is 1. The summed E-state index contributed by atoms with van der Waals surface area (Å²) in [7, 11) is 2.15. The van der Waals surface area contributed by atoms with E-state index in [1.165, 1.54) is 23.1 Å². The number of aryl methyl sites for hydroxylation is 2. The van der Waals surface area contributed by atoms with Crippen molar-refractivity contribution in [3.63, 3.8) is 0 Å². The molecule has 4 nitrogen and oxygen atoms in total. The van der Waals surface area contributed by atoms with Gasteiger partial charge in [-0.3, -0.25) is 4.90 Å². The molecule has 0 spiro atoms. The van der Waals surface area contributed by atoms with Crippen LogP contribution in [0, 0.1) is 11.6 Å². The predicted molar refractivity (Wildman–Crippen MR) is 140 cm³/mol. The van der Waals surface area contributed by atoms with Crippen molar-refractivity contribution in [2.75, 3.05) is 32.0 Å². The van der Waals surface area contributed by atoms with E-state index in [1.54, 1.807) is 29.5 Å². The normalized spacial score (nSPS) is 17.7. The van der Waals surface area contributed by atoms with Crippen molar-refractivity contribution >= 4 is 46.0 Å². The minimum absolute atomic E-state index is 0. The van der Waals surface area contributed by atoms with E-state index in [9.17, 15) is 8.78 Å². The summed E-state index contributed by atoms with van der Waals surface area (Å²) in [4.78, 5) is 11.0. The SMILES string of the molecule is CCc1cc2c(s1)Nc1ccc(F)cc1N=C2N1CCN(C)C(CCc2cccc(F)c2)C1.Cl. The molecule has 3 heterocycles. The number of piperazine rings is 1. The van der Waals surface area contributed by atoms with Crippen LogP contribution in [0.4, 0.5) is 25.2 Å². The summed E-state index contributed by atoms with van der Waals surface area (Å²) in [5.74, 6) is 0.431. The van der Waals surface area contributed by atoms with Crippen molar-refractivity contribution in [2.24, 2.45) is 4.99 Å². The van der Waals surface area contributed by atoms with Gasteiger partial charge in [-0.15, -0.1) is 23.7 Å². The average molecular weight is 503 g/mol. The summed E-state index contributed by atoms with van der Waals surface area (Å²) in [6.45, 7) is 4.75. The van der Waals surface area contributed by atoms with E-state index in [2.05, 4.69) is 35.2 Å². The highest BCUT2D eigenvalue weighted by molar-refractivity contribution is 7.16. The molecule has 0 bridgehead atoms. The lowest BCUT2D eigenvalue weighted by Crippen LogP contribution is -2.53. The number of hydrogen-bond donors (Lipinski definition) is 1. The van der Waals surface area contributed by atoms with Crippen LogP contribution in [0.5, 0.6) is 0 Å². The maximum Gasteiger partial charge on any atom is 0.139 e. The Bertz CT molecular complexity index is 1200. The molecule has 34 heavy (non-hydrogen) atoms. The van der Waals surface area contributed by atoms with Gasteiger partial charge in [-0.25, -0.2) is 13.8 Å². The first-order valence-corrected chi connectivity index (χ1v) is 12.3. The van der Waals surface area contributed by atoms with E-state index in [4.69, 9.17) is 4.99 Å². The zero-order valence-electron chi connectivity index (χ0n) is 19.4. The van der Waals surface area contributed by atoms with Crippen LogP contribution >= 0.6 is 23.7 Å². The van der Waals surface area contributed by atoms with Crippen LogP contribution in [0.3, 0.4) is 0 Å². The molecule has 1 fully saturated rings. The molecule has 2 aliphatic rings. The van der Waals surface area contributed by atoms with E-state index in [0.717, 1.165) is 66.5 Å². The molecular weight excluding hydrogens is 474 g/mol. The second kappa shape index (κ2) is 10.4. The Morgan fingerprint density at radius 1 is 1.09 bits per heavy atom. The van der Waals surface area contributed by atoms with Crippen molar-refractivity contribution in [1.29, 1.82) is 0 Å². The number of nitrogens with zero attached hydrogens (tertiary/aromatic N) is 3. The van der Waals surface area contributed by atoms with Crippen molar-refractivity contribution in [2.45, 2.75) is 32.2 Å². The fourth-order valence-electron chi connectivity index (χ4n) is 4.59. The van der Waals surface area contributed by atoms with Crippen molar-refractivity contribution in [3.05, 3.63) is 76.2 Å². The molecule has 1 N–H and O–H groups in total. The molecule has 0 saturated carbocycles. The number of anilines is 2. The van der Waals surface area contributed by atoms with Gasteiger partial charge in [-0.05, 0) is 62.2 Å². The largest absolute Gasteiger partial charge is 0.353 e. The van der Waals surface area contributed by atoms with Gasteiger partial charge in [0.05, 0.1) is 16.9 Å². The number of hydrogen-bond acceptors (Lipinski definition) is 5. The Morgan fingerprint density at radius 3 is 2.71 bits per heavy atom. The van der Waals surface area contributed by atoms with E-state index in [-0.39, 0.29) is 24.0 Å². The van der Waals surface area contributed by atoms with Gasteiger partial charge in [-0.1, -0.05) is 19.1 Å². The number of fused-ring (bicyclic) bond motifs is 2. The molecule has 2 aliphatic heterocycles. The minimum Gasteiger partial charge on any atom is -0.353 e. The van der Waals surface area contributed by atoms with Gasteiger partial charge < -0.3 is 10.2 Å². The minimum atomic E-state index is -0.288. The third-order valence-corrected chi connectivity index (χ3v) is 7.73. The fourth-order valence-corrected chi connectivity index (χ4v) is 5.60. The van der Waals surface area contributed by atoms with Gasteiger partial charge in [0.2, 0.25) is 0 Å². The number of nitrogens with one attached hydrogen (secondary N) is 1. The van der Waals surface area contributed by atoms with Crippen LogP contribution in [-0.2, 0) is 12.8 Å². The summed E-state index contributed by atoms with van der Waals surface area (Å²) in [5.41, 5.74) is 3.56. The average Bonchev–Trinajstić information content (AvgIpc) is 3.15. The first-order chi connectivity index (χ1) is 16.0. The molecule has 0 aliphatic carbocycles. The lowest BCUT2D eigenvalue weighted by atomic mass is 10.0. The Hall–Kier alpha value is -2.48. The van der Waals surface area contributed by atoms with Crippen LogP contribution in [0.25, 0.3) is 0 Å². The first kappa shape index (κ1) is 24.6. The Labute approximate surface area is 209 Å². The van der Waals surface area contributed by atoms with Crippen molar-refractivity contribution < 1.29 is 8.78 Å². The predicted octanol–water partition coefficient (Wildman–Crippen LogP) is 6.39. The molecule has 1 aromatic heterocycles. The number of aliphatic imine (C=N–C) groups is 1. The summed E-state index contributed by atoms with van der Waals surface area (Å²) in [5, 5.41) is 4.55.